The largest absolute Gasteiger partial charge is 0.275 e. The zero-order chi connectivity index (χ0) is 14.0. The lowest BCUT2D eigenvalue weighted by molar-refractivity contribution is 0.597. The van der Waals surface area contributed by atoms with Crippen molar-refractivity contribution in [2.45, 2.75) is 4.90 Å². The lowest BCUT2D eigenvalue weighted by atomic mass is 10.3. The van der Waals surface area contributed by atoms with Crippen LogP contribution in [0.3, 0.4) is 0 Å². The maximum atomic E-state index is 13.5. The molecule has 0 unspecified atom stereocenters. The molecule has 9 heteroatoms. The number of benzene rings is 1. The second kappa shape index (κ2) is 5.28. The van der Waals surface area contributed by atoms with E-state index < -0.39 is 15.8 Å². The molecule has 100 valence electrons. The molecule has 0 atom stereocenters. The van der Waals surface area contributed by atoms with Gasteiger partial charge in [-0.2, -0.15) is 0 Å². The quantitative estimate of drug-likeness (QED) is 0.882. The summed E-state index contributed by atoms with van der Waals surface area (Å²) >= 11 is 11.2. The van der Waals surface area contributed by atoms with Crippen molar-refractivity contribution in [1.82, 2.24) is 9.97 Å². The lowest BCUT2D eigenvalue weighted by Gasteiger charge is -2.09. The van der Waals surface area contributed by atoms with Crippen LogP contribution in [0.4, 0.5) is 10.1 Å². The highest BCUT2D eigenvalue weighted by Gasteiger charge is 2.19. The van der Waals surface area contributed by atoms with Gasteiger partial charge in [-0.15, -0.1) is 0 Å². The molecule has 0 aliphatic rings. The Morgan fingerprint density at radius 1 is 1.16 bits per heavy atom. The first kappa shape index (κ1) is 14.0. The van der Waals surface area contributed by atoms with E-state index in [1.807, 2.05) is 4.72 Å². The smallest absolute Gasteiger partial charge is 0.265 e. The molecule has 0 radical (unpaired) electrons. The Hall–Kier alpha value is -1.44. The second-order valence-corrected chi connectivity index (χ2v) is 5.82. The number of nitrogens with one attached hydrogen (secondary N) is 1. The molecule has 5 nitrogen and oxygen atoms in total. The van der Waals surface area contributed by atoms with Gasteiger partial charge in [-0.3, -0.25) is 4.72 Å². The molecule has 2 rings (SSSR count). The Labute approximate surface area is 118 Å². The van der Waals surface area contributed by atoms with Crippen LogP contribution in [0.25, 0.3) is 0 Å². The molecule has 0 spiro atoms. The van der Waals surface area contributed by atoms with Crippen LogP contribution in [0.5, 0.6) is 0 Å². The topological polar surface area (TPSA) is 72.0 Å². The Morgan fingerprint density at radius 2 is 1.79 bits per heavy atom. The van der Waals surface area contributed by atoms with Crippen molar-refractivity contribution in [2.75, 3.05) is 4.72 Å². The predicted octanol–water partition coefficient (Wildman–Crippen LogP) is 2.72. The van der Waals surface area contributed by atoms with Crippen LogP contribution in [0.2, 0.25) is 10.3 Å². The number of hydrogen-bond acceptors (Lipinski definition) is 4. The molecule has 0 saturated heterocycles. The van der Waals surface area contributed by atoms with Crippen molar-refractivity contribution < 1.29 is 12.8 Å². The van der Waals surface area contributed by atoms with Gasteiger partial charge in [0.25, 0.3) is 10.0 Å². The average Bonchev–Trinajstić information content (AvgIpc) is 2.35. The SMILES string of the molecule is O=S(=O)(Nc1c(F)cccc1Cl)c1cnc(Cl)nc1. The summed E-state index contributed by atoms with van der Waals surface area (Å²) < 4.78 is 39.4. The molecule has 0 fully saturated rings. The molecule has 1 heterocycles. The second-order valence-electron chi connectivity index (χ2n) is 3.39. The molecule has 0 amide bonds. The summed E-state index contributed by atoms with van der Waals surface area (Å²) in [6.07, 6.45) is 2.01. The molecule has 0 bridgehead atoms. The van der Waals surface area contributed by atoms with Gasteiger partial charge in [0, 0.05) is 0 Å². The minimum absolute atomic E-state index is 0.0570. The van der Waals surface area contributed by atoms with E-state index in [1.54, 1.807) is 0 Å². The first-order chi connectivity index (χ1) is 8.90. The third-order valence-corrected chi connectivity index (χ3v) is 3.92. The number of halogens is 3. The lowest BCUT2D eigenvalue weighted by Crippen LogP contribution is -2.15. The highest BCUT2D eigenvalue weighted by Crippen LogP contribution is 2.27. The fraction of sp³-hybridized carbons (Fsp3) is 0. The summed E-state index contributed by atoms with van der Waals surface area (Å²) in [5.41, 5.74) is -0.334. The van der Waals surface area contributed by atoms with Gasteiger partial charge in [0.05, 0.1) is 17.4 Å². The van der Waals surface area contributed by atoms with E-state index in [9.17, 15) is 12.8 Å². The zero-order valence-electron chi connectivity index (χ0n) is 9.14. The Balaban J connectivity index is 2.39. The molecule has 1 aromatic heterocycles. The normalized spacial score (nSPS) is 11.3. The van der Waals surface area contributed by atoms with E-state index in [2.05, 4.69) is 9.97 Å². The highest BCUT2D eigenvalue weighted by molar-refractivity contribution is 7.92. The van der Waals surface area contributed by atoms with Crippen molar-refractivity contribution in [3.63, 3.8) is 0 Å². The summed E-state index contributed by atoms with van der Waals surface area (Å²) in [5, 5.41) is -0.152. The van der Waals surface area contributed by atoms with E-state index in [0.717, 1.165) is 18.5 Å². The van der Waals surface area contributed by atoms with Crippen LogP contribution in [-0.2, 0) is 10.0 Å². The first-order valence-corrected chi connectivity index (χ1v) is 7.08. The molecule has 2 aromatic rings. The molecule has 0 saturated carbocycles. The number of anilines is 1. The van der Waals surface area contributed by atoms with Gasteiger partial charge in [0.15, 0.2) is 0 Å². The summed E-state index contributed by atoms with van der Waals surface area (Å²) in [5.74, 6) is -0.786. The van der Waals surface area contributed by atoms with Gasteiger partial charge < -0.3 is 0 Å². The molecule has 1 aromatic carbocycles. The number of sulfonamides is 1. The van der Waals surface area contributed by atoms with Gasteiger partial charge >= 0.3 is 0 Å². The van der Waals surface area contributed by atoms with E-state index in [0.29, 0.717) is 0 Å². The molecule has 1 N–H and O–H groups in total. The fourth-order valence-corrected chi connectivity index (χ4v) is 2.57. The van der Waals surface area contributed by atoms with Crippen LogP contribution >= 0.6 is 23.2 Å². The average molecular weight is 322 g/mol. The first-order valence-electron chi connectivity index (χ1n) is 4.84. The minimum atomic E-state index is -4.03. The number of nitrogens with zero attached hydrogens (tertiary/aromatic N) is 2. The summed E-state index contributed by atoms with van der Waals surface area (Å²) in [4.78, 5) is 6.83. The molecule has 0 aliphatic carbocycles. The van der Waals surface area contributed by atoms with Gasteiger partial charge in [-0.1, -0.05) is 17.7 Å². The van der Waals surface area contributed by atoms with Gasteiger partial charge in [0.1, 0.15) is 16.4 Å². The van der Waals surface area contributed by atoms with E-state index >= 15 is 0 Å². The Kier molecular flexibility index (Phi) is 3.88. The maximum Gasteiger partial charge on any atom is 0.265 e. The van der Waals surface area contributed by atoms with Crippen molar-refractivity contribution in [3.8, 4) is 0 Å². The summed E-state index contributed by atoms with van der Waals surface area (Å²) in [6.45, 7) is 0. The maximum absolute atomic E-state index is 13.5. The third kappa shape index (κ3) is 3.12. The highest BCUT2D eigenvalue weighted by atomic mass is 35.5. The molecular formula is C10H6Cl2FN3O2S. The van der Waals surface area contributed by atoms with Crippen LogP contribution in [0.15, 0.2) is 35.5 Å². The fourth-order valence-electron chi connectivity index (χ4n) is 1.23. The minimum Gasteiger partial charge on any atom is -0.275 e. The van der Waals surface area contributed by atoms with Crippen LogP contribution < -0.4 is 4.72 Å². The Bertz CT molecular complexity index is 687. The van der Waals surface area contributed by atoms with E-state index in [-0.39, 0.29) is 20.9 Å². The van der Waals surface area contributed by atoms with Crippen molar-refractivity contribution in [1.29, 1.82) is 0 Å². The standard InChI is InChI=1S/C10H6Cl2FN3O2S/c11-7-2-1-3-8(13)9(7)16-19(17,18)6-4-14-10(12)15-5-6/h1-5,16H. The summed E-state index contributed by atoms with van der Waals surface area (Å²) in [6, 6.07) is 3.81. The summed E-state index contributed by atoms with van der Waals surface area (Å²) in [7, 11) is -4.03. The van der Waals surface area contributed by atoms with Gasteiger partial charge in [-0.25, -0.2) is 22.8 Å². The molecule has 0 aliphatic heterocycles. The van der Waals surface area contributed by atoms with Crippen molar-refractivity contribution in [2.24, 2.45) is 0 Å². The number of para-hydroxylation sites is 1. The molecular weight excluding hydrogens is 316 g/mol. The predicted molar refractivity (Wildman–Crippen MR) is 69.3 cm³/mol. The number of aromatic nitrogens is 2. The number of hydrogen-bond donors (Lipinski definition) is 1. The van der Waals surface area contributed by atoms with Crippen LogP contribution in [0, 0.1) is 5.82 Å². The zero-order valence-corrected chi connectivity index (χ0v) is 11.5. The van der Waals surface area contributed by atoms with Crippen molar-refractivity contribution in [3.05, 3.63) is 46.7 Å². The van der Waals surface area contributed by atoms with E-state index in [1.165, 1.54) is 12.1 Å². The van der Waals surface area contributed by atoms with Crippen LogP contribution in [-0.4, -0.2) is 18.4 Å². The van der Waals surface area contributed by atoms with Gasteiger partial charge in [-0.05, 0) is 23.7 Å². The van der Waals surface area contributed by atoms with Gasteiger partial charge in [0.2, 0.25) is 5.28 Å². The van der Waals surface area contributed by atoms with E-state index in [4.69, 9.17) is 23.2 Å². The van der Waals surface area contributed by atoms with Crippen LogP contribution in [0.1, 0.15) is 0 Å². The monoisotopic (exact) mass is 321 g/mol. The Morgan fingerprint density at radius 3 is 2.37 bits per heavy atom. The molecule has 19 heavy (non-hydrogen) atoms. The third-order valence-electron chi connectivity index (χ3n) is 2.11. The number of rotatable bonds is 3. The van der Waals surface area contributed by atoms with Crippen molar-refractivity contribution >= 4 is 38.9 Å².